The van der Waals surface area contributed by atoms with Gasteiger partial charge in [-0.25, -0.2) is 4.79 Å². The molecule has 0 unspecified atom stereocenters. The number of esters is 1. The van der Waals surface area contributed by atoms with Gasteiger partial charge in [-0.3, -0.25) is 0 Å². The Morgan fingerprint density at radius 2 is 1.81 bits per heavy atom. The van der Waals surface area contributed by atoms with Crippen LogP contribution in [0.15, 0.2) is 72.8 Å². The lowest BCUT2D eigenvalue weighted by Crippen LogP contribution is -2.22. The van der Waals surface area contributed by atoms with Crippen molar-refractivity contribution in [3.05, 3.63) is 83.9 Å². The van der Waals surface area contributed by atoms with Crippen molar-refractivity contribution in [1.82, 2.24) is 0 Å². The fraction of sp³-hybridized carbons (Fsp3) is 0.222. The van der Waals surface area contributed by atoms with E-state index in [4.69, 9.17) is 14.2 Å². The Balaban J connectivity index is 1.96. The summed E-state index contributed by atoms with van der Waals surface area (Å²) in [5.41, 5.74) is 4.95. The molecule has 0 spiro atoms. The van der Waals surface area contributed by atoms with Gasteiger partial charge in [-0.15, -0.1) is 0 Å². The van der Waals surface area contributed by atoms with E-state index in [-0.39, 0.29) is 5.97 Å². The van der Waals surface area contributed by atoms with Crippen LogP contribution in [-0.2, 0) is 4.74 Å². The molecule has 32 heavy (non-hydrogen) atoms. The molecule has 5 heteroatoms. The van der Waals surface area contributed by atoms with E-state index in [2.05, 4.69) is 23.1 Å². The second-order valence-corrected chi connectivity index (χ2v) is 7.45. The molecular formula is C27H27NO4. The maximum atomic E-state index is 13.1. The SMILES string of the molecule is CCOC(=O)c1c(-c2ccc(OC)cc2)cc2c(c1C)N(c1ccccc1)C/C=C\CO2. The lowest BCUT2D eigenvalue weighted by Gasteiger charge is -2.30. The van der Waals surface area contributed by atoms with Gasteiger partial charge in [-0.2, -0.15) is 0 Å². The number of carbonyl (C=O) groups excluding carboxylic acids is 1. The van der Waals surface area contributed by atoms with Gasteiger partial charge < -0.3 is 19.1 Å². The molecule has 3 aromatic rings. The Morgan fingerprint density at radius 3 is 2.50 bits per heavy atom. The molecule has 3 aromatic carbocycles. The standard InChI is InChI=1S/C27H27NO4/c1-4-31-27(29)25-19(2)26-24(18-23(25)20-12-14-22(30-3)15-13-20)32-17-9-8-16-28(26)21-10-6-5-7-11-21/h5-15,18H,4,16-17H2,1-3H3/b9-8-. The van der Waals surface area contributed by atoms with E-state index < -0.39 is 0 Å². The highest BCUT2D eigenvalue weighted by Crippen LogP contribution is 2.44. The molecule has 0 aromatic heterocycles. The summed E-state index contributed by atoms with van der Waals surface area (Å²) in [6.07, 6.45) is 4.09. The van der Waals surface area contributed by atoms with Gasteiger partial charge in [-0.1, -0.05) is 36.4 Å². The number of carbonyl (C=O) groups is 1. The van der Waals surface area contributed by atoms with Crippen LogP contribution in [-0.4, -0.2) is 32.8 Å². The Labute approximate surface area is 188 Å². The maximum Gasteiger partial charge on any atom is 0.339 e. The molecular weight excluding hydrogens is 402 g/mol. The molecule has 0 fully saturated rings. The minimum absolute atomic E-state index is 0.305. The largest absolute Gasteiger partial charge is 0.497 e. The molecule has 0 atom stereocenters. The molecule has 4 rings (SSSR count). The Bertz CT molecular complexity index is 1120. The van der Waals surface area contributed by atoms with E-state index in [0.29, 0.717) is 25.3 Å². The number of hydrogen-bond donors (Lipinski definition) is 0. The predicted octanol–water partition coefficient (Wildman–Crippen LogP) is 5.93. The molecule has 0 N–H and O–H groups in total. The molecule has 0 bridgehead atoms. The molecule has 5 nitrogen and oxygen atoms in total. The van der Waals surface area contributed by atoms with Crippen molar-refractivity contribution in [2.24, 2.45) is 0 Å². The first-order valence-electron chi connectivity index (χ1n) is 10.7. The zero-order valence-electron chi connectivity index (χ0n) is 18.6. The van der Waals surface area contributed by atoms with Crippen LogP contribution in [0.3, 0.4) is 0 Å². The summed E-state index contributed by atoms with van der Waals surface area (Å²) in [4.78, 5) is 15.3. The van der Waals surface area contributed by atoms with Crippen molar-refractivity contribution >= 4 is 17.3 Å². The van der Waals surface area contributed by atoms with Crippen molar-refractivity contribution in [3.63, 3.8) is 0 Å². The van der Waals surface area contributed by atoms with E-state index in [1.807, 2.05) is 68.5 Å². The van der Waals surface area contributed by atoms with Crippen LogP contribution >= 0.6 is 0 Å². The fourth-order valence-electron chi connectivity index (χ4n) is 4.01. The number of rotatable bonds is 5. The molecule has 0 saturated carbocycles. The molecule has 0 saturated heterocycles. The van der Waals surface area contributed by atoms with Gasteiger partial charge in [0.15, 0.2) is 0 Å². The van der Waals surface area contributed by atoms with Crippen LogP contribution in [0.5, 0.6) is 11.5 Å². The molecule has 1 aliphatic heterocycles. The summed E-state index contributed by atoms with van der Waals surface area (Å²) < 4.78 is 16.9. The molecule has 0 aliphatic carbocycles. The third kappa shape index (κ3) is 4.19. The Kier molecular flexibility index (Phi) is 6.45. The smallest absolute Gasteiger partial charge is 0.339 e. The predicted molar refractivity (Wildman–Crippen MR) is 127 cm³/mol. The molecule has 0 amide bonds. The lowest BCUT2D eigenvalue weighted by molar-refractivity contribution is 0.0526. The van der Waals surface area contributed by atoms with E-state index >= 15 is 0 Å². The summed E-state index contributed by atoms with van der Waals surface area (Å²) in [6.45, 7) is 5.22. The number of hydrogen-bond acceptors (Lipinski definition) is 5. The summed E-state index contributed by atoms with van der Waals surface area (Å²) in [5.74, 6) is 1.14. The molecule has 1 aliphatic rings. The summed E-state index contributed by atoms with van der Waals surface area (Å²) in [5, 5.41) is 0. The van der Waals surface area contributed by atoms with Crippen LogP contribution in [0, 0.1) is 6.92 Å². The number of para-hydroxylation sites is 1. The monoisotopic (exact) mass is 429 g/mol. The van der Waals surface area contributed by atoms with Crippen molar-refractivity contribution < 1.29 is 19.0 Å². The average molecular weight is 430 g/mol. The Hall–Kier alpha value is -3.73. The second-order valence-electron chi connectivity index (χ2n) is 7.45. The van der Waals surface area contributed by atoms with Gasteiger partial charge in [0.25, 0.3) is 0 Å². The first-order valence-corrected chi connectivity index (χ1v) is 10.7. The van der Waals surface area contributed by atoms with Gasteiger partial charge in [0.05, 0.1) is 25.0 Å². The van der Waals surface area contributed by atoms with Gasteiger partial charge in [0.2, 0.25) is 0 Å². The van der Waals surface area contributed by atoms with Crippen molar-refractivity contribution in [2.45, 2.75) is 13.8 Å². The summed E-state index contributed by atoms with van der Waals surface area (Å²) in [7, 11) is 1.63. The summed E-state index contributed by atoms with van der Waals surface area (Å²) in [6, 6.07) is 19.7. The number of methoxy groups -OCH3 is 1. The number of anilines is 2. The average Bonchev–Trinajstić information content (AvgIpc) is 2.80. The van der Waals surface area contributed by atoms with E-state index in [1.165, 1.54) is 0 Å². The van der Waals surface area contributed by atoms with Crippen LogP contribution in [0.1, 0.15) is 22.8 Å². The highest BCUT2D eigenvalue weighted by molar-refractivity contribution is 6.02. The molecule has 0 radical (unpaired) electrons. The number of nitrogens with zero attached hydrogens (tertiary/aromatic N) is 1. The first-order chi connectivity index (χ1) is 15.6. The van der Waals surface area contributed by atoms with Crippen LogP contribution in [0.2, 0.25) is 0 Å². The van der Waals surface area contributed by atoms with E-state index in [9.17, 15) is 4.79 Å². The highest BCUT2D eigenvalue weighted by Gasteiger charge is 2.27. The second kappa shape index (κ2) is 9.60. The number of benzene rings is 3. The van der Waals surface area contributed by atoms with Gasteiger partial charge >= 0.3 is 5.97 Å². The van der Waals surface area contributed by atoms with E-state index in [0.717, 1.165) is 39.6 Å². The molecule has 164 valence electrons. The van der Waals surface area contributed by atoms with Crippen LogP contribution in [0.25, 0.3) is 11.1 Å². The van der Waals surface area contributed by atoms with Crippen LogP contribution in [0.4, 0.5) is 11.4 Å². The quantitative estimate of drug-likeness (QED) is 0.371. The minimum atomic E-state index is -0.343. The van der Waals surface area contributed by atoms with Crippen LogP contribution < -0.4 is 14.4 Å². The third-order valence-corrected chi connectivity index (χ3v) is 5.52. The van der Waals surface area contributed by atoms with Gasteiger partial charge in [0.1, 0.15) is 18.1 Å². The van der Waals surface area contributed by atoms with E-state index in [1.54, 1.807) is 7.11 Å². The maximum absolute atomic E-state index is 13.1. The third-order valence-electron chi connectivity index (χ3n) is 5.52. The lowest BCUT2D eigenvalue weighted by atomic mass is 9.93. The number of ether oxygens (including phenoxy) is 3. The topological polar surface area (TPSA) is 48.0 Å². The van der Waals surface area contributed by atoms with Gasteiger partial charge in [0, 0.05) is 17.8 Å². The normalized spacial score (nSPS) is 13.9. The zero-order chi connectivity index (χ0) is 22.5. The zero-order valence-corrected chi connectivity index (χ0v) is 18.6. The van der Waals surface area contributed by atoms with Crippen molar-refractivity contribution in [3.8, 4) is 22.6 Å². The fourth-order valence-corrected chi connectivity index (χ4v) is 4.01. The Morgan fingerprint density at radius 1 is 1.06 bits per heavy atom. The first kappa shape index (κ1) is 21.5. The highest BCUT2D eigenvalue weighted by atomic mass is 16.5. The summed E-state index contributed by atoms with van der Waals surface area (Å²) >= 11 is 0. The van der Waals surface area contributed by atoms with Crippen molar-refractivity contribution in [2.75, 3.05) is 31.8 Å². The van der Waals surface area contributed by atoms with Crippen molar-refractivity contribution in [1.29, 1.82) is 0 Å². The minimum Gasteiger partial charge on any atom is -0.497 e. The molecule has 1 heterocycles. The van der Waals surface area contributed by atoms with Gasteiger partial charge in [-0.05, 0) is 61.4 Å². The number of fused-ring (bicyclic) bond motifs is 1.